The van der Waals surface area contributed by atoms with Crippen LogP contribution in [0.25, 0.3) is 10.9 Å². The minimum atomic E-state index is -0.115. The fraction of sp³-hybridized carbons (Fsp3) is 0.407. The van der Waals surface area contributed by atoms with Crippen LogP contribution in [0.1, 0.15) is 30.4 Å². The molecule has 3 atom stereocenters. The highest BCUT2D eigenvalue weighted by atomic mass is 16.2. The molecule has 2 fully saturated rings. The van der Waals surface area contributed by atoms with E-state index in [0.29, 0.717) is 19.5 Å². The first-order valence-corrected chi connectivity index (χ1v) is 12.2. The Hall–Kier alpha value is -3.16. The predicted octanol–water partition coefficient (Wildman–Crippen LogP) is 2.31. The summed E-state index contributed by atoms with van der Waals surface area (Å²) < 4.78 is 2.16. The van der Waals surface area contributed by atoms with E-state index in [1.54, 1.807) is 0 Å². The molecule has 0 spiro atoms. The number of carbonyl (C=O) groups is 2. The van der Waals surface area contributed by atoms with E-state index in [0.717, 1.165) is 31.5 Å². The monoisotopic (exact) mass is 459 g/mol. The molecule has 0 aliphatic carbocycles. The average Bonchev–Trinajstić information content (AvgIpc) is 3.44. The normalized spacial score (nSPS) is 22.5. The Balaban J connectivity index is 1.15. The van der Waals surface area contributed by atoms with Crippen LogP contribution in [0, 0.1) is 0 Å². The lowest BCUT2D eigenvalue weighted by Crippen LogP contribution is -2.58. The molecular weight excluding hydrogens is 426 g/mol. The maximum absolute atomic E-state index is 12.6. The van der Waals surface area contributed by atoms with Crippen LogP contribution in [0.5, 0.6) is 0 Å². The van der Waals surface area contributed by atoms with Gasteiger partial charge in [0, 0.05) is 68.8 Å². The van der Waals surface area contributed by atoms with Crippen molar-refractivity contribution in [1.29, 1.82) is 0 Å². The maximum atomic E-state index is 12.6. The number of hydrogen-bond donors (Lipinski definition) is 3. The van der Waals surface area contributed by atoms with Crippen molar-refractivity contribution >= 4 is 22.7 Å². The first kappa shape index (κ1) is 22.6. The smallest absolute Gasteiger partial charge is 0.237 e. The number of hydrogen-bond acceptors (Lipinski definition) is 4. The first-order chi connectivity index (χ1) is 16.6. The van der Waals surface area contributed by atoms with Gasteiger partial charge in [-0.2, -0.15) is 0 Å². The van der Waals surface area contributed by atoms with Gasteiger partial charge in [0.05, 0.1) is 6.04 Å². The number of aryl methyl sites for hydroxylation is 1. The molecule has 2 amide bonds. The summed E-state index contributed by atoms with van der Waals surface area (Å²) >= 11 is 0. The molecule has 3 unspecified atom stereocenters. The van der Waals surface area contributed by atoms with Crippen LogP contribution >= 0.6 is 0 Å². The third-order valence-corrected chi connectivity index (χ3v) is 7.22. The Morgan fingerprint density at radius 3 is 2.74 bits per heavy atom. The van der Waals surface area contributed by atoms with E-state index in [-0.39, 0.29) is 29.9 Å². The van der Waals surface area contributed by atoms with Crippen LogP contribution in [0.3, 0.4) is 0 Å². The molecule has 3 aromatic rings. The first-order valence-electron chi connectivity index (χ1n) is 12.2. The fourth-order valence-electron chi connectivity index (χ4n) is 5.39. The number of nitrogens with zero attached hydrogens (tertiary/aromatic N) is 2. The highest BCUT2D eigenvalue weighted by molar-refractivity contribution is 5.84. The lowest BCUT2D eigenvalue weighted by Gasteiger charge is -2.37. The Morgan fingerprint density at radius 2 is 1.88 bits per heavy atom. The van der Waals surface area contributed by atoms with Crippen molar-refractivity contribution in [2.24, 2.45) is 7.05 Å². The summed E-state index contributed by atoms with van der Waals surface area (Å²) in [5.41, 5.74) is 3.60. The van der Waals surface area contributed by atoms with Crippen molar-refractivity contribution in [2.45, 2.75) is 50.5 Å². The molecule has 2 aromatic carbocycles. The number of carbonyl (C=O) groups excluding carboxylic acids is 2. The molecule has 2 aliphatic heterocycles. The average molecular weight is 460 g/mol. The maximum Gasteiger partial charge on any atom is 0.237 e. The van der Waals surface area contributed by atoms with Gasteiger partial charge in [0.25, 0.3) is 0 Å². The minimum Gasteiger partial charge on any atom is -0.353 e. The second kappa shape index (κ2) is 9.99. The van der Waals surface area contributed by atoms with E-state index in [2.05, 4.69) is 62.9 Å². The van der Waals surface area contributed by atoms with Gasteiger partial charge >= 0.3 is 0 Å². The van der Waals surface area contributed by atoms with E-state index in [9.17, 15) is 9.59 Å². The molecule has 178 valence electrons. The molecule has 7 nitrogen and oxygen atoms in total. The van der Waals surface area contributed by atoms with Crippen LogP contribution < -0.4 is 16.0 Å². The number of aromatic nitrogens is 1. The summed E-state index contributed by atoms with van der Waals surface area (Å²) in [6.45, 7) is 2.77. The number of fused-ring (bicyclic) bond motifs is 2. The molecule has 0 bridgehead atoms. The minimum absolute atomic E-state index is 0.0575. The van der Waals surface area contributed by atoms with Gasteiger partial charge < -0.3 is 20.5 Å². The molecule has 1 aromatic heterocycles. The van der Waals surface area contributed by atoms with E-state index >= 15 is 0 Å². The van der Waals surface area contributed by atoms with Crippen molar-refractivity contribution in [3.05, 3.63) is 71.9 Å². The van der Waals surface area contributed by atoms with Gasteiger partial charge in [0.2, 0.25) is 11.8 Å². The van der Waals surface area contributed by atoms with Gasteiger partial charge in [-0.15, -0.1) is 0 Å². The topological polar surface area (TPSA) is 78.4 Å². The molecule has 3 N–H and O–H groups in total. The number of benzene rings is 2. The summed E-state index contributed by atoms with van der Waals surface area (Å²) in [6, 6.07) is 18.7. The van der Waals surface area contributed by atoms with E-state index in [4.69, 9.17) is 0 Å². The quantitative estimate of drug-likeness (QED) is 0.483. The second-order valence-electron chi connectivity index (χ2n) is 9.51. The fourth-order valence-corrected chi connectivity index (χ4v) is 5.39. The Kier molecular flexibility index (Phi) is 6.65. The van der Waals surface area contributed by atoms with Gasteiger partial charge in [0.15, 0.2) is 0 Å². The SMILES string of the molecule is Cn1cc(CNC2CC3C(=O)NCC(CCC(=O)NCc4ccccc4)N3C2)c2ccccc21. The molecule has 34 heavy (non-hydrogen) atoms. The zero-order valence-electron chi connectivity index (χ0n) is 19.7. The van der Waals surface area contributed by atoms with Gasteiger partial charge in [-0.25, -0.2) is 0 Å². The summed E-state index contributed by atoms with van der Waals surface area (Å²) in [6.07, 6.45) is 4.19. The zero-order valence-corrected chi connectivity index (χ0v) is 19.7. The molecule has 5 rings (SSSR count). The number of nitrogens with one attached hydrogen (secondary N) is 3. The third kappa shape index (κ3) is 4.86. The molecule has 0 radical (unpaired) electrons. The van der Waals surface area contributed by atoms with Crippen molar-refractivity contribution in [1.82, 2.24) is 25.4 Å². The Bertz CT molecular complexity index is 1160. The van der Waals surface area contributed by atoms with Crippen LogP contribution in [0.2, 0.25) is 0 Å². The van der Waals surface area contributed by atoms with Crippen LogP contribution in [-0.2, 0) is 29.7 Å². The van der Waals surface area contributed by atoms with E-state index in [1.807, 2.05) is 30.3 Å². The van der Waals surface area contributed by atoms with Crippen molar-refractivity contribution < 1.29 is 9.59 Å². The molecule has 7 heteroatoms. The summed E-state index contributed by atoms with van der Waals surface area (Å²) in [7, 11) is 2.08. The summed E-state index contributed by atoms with van der Waals surface area (Å²) in [5, 5.41) is 11.0. The largest absolute Gasteiger partial charge is 0.353 e. The predicted molar refractivity (Wildman–Crippen MR) is 133 cm³/mol. The number of piperazine rings is 1. The molecular formula is C27H33N5O2. The Morgan fingerprint density at radius 1 is 1.09 bits per heavy atom. The van der Waals surface area contributed by atoms with E-state index < -0.39 is 0 Å². The van der Waals surface area contributed by atoms with Crippen LogP contribution in [0.15, 0.2) is 60.8 Å². The van der Waals surface area contributed by atoms with Crippen LogP contribution in [0.4, 0.5) is 0 Å². The van der Waals surface area contributed by atoms with Gasteiger partial charge in [-0.3, -0.25) is 14.5 Å². The number of rotatable bonds is 8. The zero-order chi connectivity index (χ0) is 23.5. The number of amides is 2. The highest BCUT2D eigenvalue weighted by Gasteiger charge is 2.43. The third-order valence-electron chi connectivity index (χ3n) is 7.22. The van der Waals surface area contributed by atoms with Gasteiger partial charge in [0.1, 0.15) is 0 Å². The molecule has 3 heterocycles. The van der Waals surface area contributed by atoms with Crippen molar-refractivity contribution in [2.75, 3.05) is 13.1 Å². The molecule has 2 saturated heterocycles. The van der Waals surface area contributed by atoms with Crippen molar-refractivity contribution in [3.63, 3.8) is 0 Å². The van der Waals surface area contributed by atoms with Crippen molar-refractivity contribution in [3.8, 4) is 0 Å². The lowest BCUT2D eigenvalue weighted by molar-refractivity contribution is -0.129. The highest BCUT2D eigenvalue weighted by Crippen LogP contribution is 2.27. The van der Waals surface area contributed by atoms with Crippen LogP contribution in [-0.4, -0.2) is 52.5 Å². The Labute approximate surface area is 200 Å². The molecule has 2 aliphatic rings. The van der Waals surface area contributed by atoms with E-state index in [1.165, 1.54) is 16.5 Å². The standard InChI is InChI=1S/C27H33N5O2/c1-31-17-20(23-9-5-6-10-24(23)31)15-28-21-13-25-27(34)30-16-22(32(25)18-21)11-12-26(33)29-14-19-7-3-2-4-8-19/h2-10,17,21-22,25,28H,11-16,18H2,1H3,(H,29,33)(H,30,34). The second-order valence-corrected chi connectivity index (χ2v) is 9.51. The molecule has 0 saturated carbocycles. The summed E-state index contributed by atoms with van der Waals surface area (Å²) in [5.74, 6) is 0.168. The van der Waals surface area contributed by atoms with Gasteiger partial charge in [-0.1, -0.05) is 48.5 Å². The number of para-hydroxylation sites is 1. The lowest BCUT2D eigenvalue weighted by atomic mass is 10.0. The van der Waals surface area contributed by atoms with Gasteiger partial charge in [-0.05, 0) is 30.0 Å². The summed E-state index contributed by atoms with van der Waals surface area (Å²) in [4.78, 5) is 27.3.